The summed E-state index contributed by atoms with van der Waals surface area (Å²) in [6, 6.07) is -27.6. The fraction of sp³-hybridized carbons (Fsp3) is 0.667. The van der Waals surface area contributed by atoms with E-state index in [1.807, 2.05) is 0 Å². The molecule has 0 saturated carbocycles. The molecule has 21 amide bonds. The predicted octanol–water partition coefficient (Wildman–Crippen LogP) is -12.7. The van der Waals surface area contributed by atoms with Crippen molar-refractivity contribution >= 4 is 160 Å². The summed E-state index contributed by atoms with van der Waals surface area (Å²) in [7, 11) is 0. The fourth-order valence-electron chi connectivity index (χ4n) is 12.9. The van der Waals surface area contributed by atoms with Gasteiger partial charge in [0.2, 0.25) is 124 Å². The summed E-state index contributed by atoms with van der Waals surface area (Å²) in [5, 5.41) is 106. The van der Waals surface area contributed by atoms with Gasteiger partial charge in [-0.25, -0.2) is 19.2 Å². The second-order valence-electron chi connectivity index (χ2n) is 33.4. The molecule has 40 N–H and O–H groups in total. The summed E-state index contributed by atoms with van der Waals surface area (Å²) in [5.74, 6) is -33.7. The highest BCUT2D eigenvalue weighted by Gasteiger charge is 2.40. The molecule has 0 aromatic carbocycles. The molecule has 0 aliphatic rings. The van der Waals surface area contributed by atoms with Crippen LogP contribution in [-0.2, 0) is 125 Å². The van der Waals surface area contributed by atoms with Crippen LogP contribution in [0.5, 0.6) is 0 Å². The number of carbonyl (C=O) groups excluding carboxylic acids is 21. The van der Waals surface area contributed by atoms with Crippen LogP contribution in [0.25, 0.3) is 0 Å². The predicted molar refractivity (Wildman–Crippen MR) is 481 cm³/mol. The Balaban J connectivity index is 6.70. The molecule has 17 atom stereocenters. The van der Waals surface area contributed by atoms with Crippen molar-refractivity contribution in [3.05, 3.63) is 0 Å². The second-order valence-corrected chi connectivity index (χ2v) is 33.4. The first-order chi connectivity index (χ1) is 64.9. The summed E-state index contributed by atoms with van der Waals surface area (Å²) in [4.78, 5) is 339. The Labute approximate surface area is 797 Å². The minimum atomic E-state index is -2.06. The normalized spacial score (nSPS) is 14.6. The number of nitrogens with two attached hydrogens (primary N) is 8. The van der Waals surface area contributed by atoms with Crippen LogP contribution in [0.2, 0.25) is 0 Å². The maximum atomic E-state index is 14.5. The van der Waals surface area contributed by atoms with Crippen LogP contribution in [0.1, 0.15) is 203 Å². The number of aliphatic carboxylic acids is 5. The molecule has 58 nitrogen and oxygen atoms in total. The zero-order valence-corrected chi connectivity index (χ0v) is 78.2. The number of aliphatic hydroxyl groups excluding tert-OH is 1. The molecule has 0 aromatic rings. The topological polar surface area (TPSA) is 1000 Å². The monoisotopic (exact) mass is 1980 g/mol. The Morgan fingerprint density at radius 2 is 0.590 bits per heavy atom. The number of carbonyl (C=O) groups is 26. The number of carboxylic acids is 5. The number of hydrogen-bond acceptors (Lipinski definition) is 30. The second kappa shape index (κ2) is 65.2. The van der Waals surface area contributed by atoms with Gasteiger partial charge in [-0.15, -0.1) is 0 Å². The lowest BCUT2D eigenvalue weighted by molar-refractivity contribution is -0.144. The van der Waals surface area contributed by atoms with E-state index < -0.39 is 384 Å². The minimum Gasteiger partial charge on any atom is -0.481 e. The van der Waals surface area contributed by atoms with Gasteiger partial charge in [0.15, 0.2) is 5.96 Å². The molecule has 0 aliphatic carbocycles. The number of nitrogens with one attached hydrogen (secondary N) is 18. The molecule has 0 aromatic heterocycles. The van der Waals surface area contributed by atoms with Crippen molar-refractivity contribution in [2.75, 3.05) is 26.2 Å². The number of unbranched alkanes of at least 4 members (excludes halogenated alkanes) is 1. The van der Waals surface area contributed by atoms with Gasteiger partial charge in [0.05, 0.1) is 26.0 Å². The minimum absolute atomic E-state index is 0.0215. The van der Waals surface area contributed by atoms with Gasteiger partial charge in [0.25, 0.3) is 0 Å². The highest BCUT2D eigenvalue weighted by molar-refractivity contribution is 6.01. The molecule has 0 unspecified atom stereocenters. The molecule has 0 bridgehead atoms. The molecule has 58 heteroatoms. The van der Waals surface area contributed by atoms with Gasteiger partial charge in [0, 0.05) is 51.5 Å². The number of guanidine groups is 1. The summed E-state index contributed by atoms with van der Waals surface area (Å²) < 4.78 is 0. The van der Waals surface area contributed by atoms with Crippen molar-refractivity contribution in [2.45, 2.75) is 299 Å². The molecule has 0 aliphatic heterocycles. The zero-order valence-electron chi connectivity index (χ0n) is 78.2. The van der Waals surface area contributed by atoms with Crippen molar-refractivity contribution in [1.29, 1.82) is 5.41 Å². The van der Waals surface area contributed by atoms with Crippen molar-refractivity contribution in [1.82, 2.24) is 90.4 Å². The van der Waals surface area contributed by atoms with Crippen molar-refractivity contribution < 1.29 is 155 Å². The van der Waals surface area contributed by atoms with Crippen LogP contribution in [0.3, 0.4) is 0 Å². The van der Waals surface area contributed by atoms with Gasteiger partial charge in [-0.2, -0.15) is 0 Å². The number of amides is 21. The van der Waals surface area contributed by atoms with E-state index in [0.29, 0.717) is 6.42 Å². The molecule has 139 heavy (non-hydrogen) atoms. The Morgan fingerprint density at radius 1 is 0.295 bits per heavy atom. The van der Waals surface area contributed by atoms with E-state index in [1.54, 1.807) is 41.5 Å². The molecule has 0 heterocycles. The van der Waals surface area contributed by atoms with Crippen molar-refractivity contribution in [2.24, 2.45) is 63.6 Å². The number of primary amides is 5. The van der Waals surface area contributed by atoms with Gasteiger partial charge >= 0.3 is 29.8 Å². The van der Waals surface area contributed by atoms with Crippen molar-refractivity contribution in [3.8, 4) is 0 Å². The average molecular weight is 1990 g/mol. The number of hydrogen-bond donors (Lipinski definition) is 32. The highest BCUT2D eigenvalue weighted by atomic mass is 16.4. The zero-order chi connectivity index (χ0) is 106. The molecular formula is C81H136N26O32. The third-order valence-corrected chi connectivity index (χ3v) is 20.6. The van der Waals surface area contributed by atoms with Gasteiger partial charge < -0.3 is 167 Å². The first-order valence-electron chi connectivity index (χ1n) is 44.4. The first-order valence-corrected chi connectivity index (χ1v) is 44.4. The van der Waals surface area contributed by atoms with Crippen LogP contribution >= 0.6 is 0 Å². The molecule has 0 saturated heterocycles. The largest absolute Gasteiger partial charge is 0.481 e. The third-order valence-electron chi connectivity index (χ3n) is 20.6. The van der Waals surface area contributed by atoms with E-state index in [2.05, 4.69) is 90.4 Å². The Hall–Kier alpha value is -14.6. The molecule has 0 rings (SSSR count). The lowest BCUT2D eigenvalue weighted by atomic mass is 9.96. The van der Waals surface area contributed by atoms with Crippen LogP contribution in [-0.4, -0.2) is 313 Å². The number of rotatable bonds is 73. The van der Waals surface area contributed by atoms with E-state index in [-0.39, 0.29) is 64.0 Å². The van der Waals surface area contributed by atoms with E-state index in [9.17, 15) is 150 Å². The van der Waals surface area contributed by atoms with Gasteiger partial charge in [-0.1, -0.05) is 48.0 Å². The van der Waals surface area contributed by atoms with E-state index in [0.717, 1.165) is 0 Å². The first kappa shape index (κ1) is 124. The summed E-state index contributed by atoms with van der Waals surface area (Å²) in [6.07, 6.45) is -11.6. The van der Waals surface area contributed by atoms with E-state index >= 15 is 0 Å². The number of carboxylic acid groups (broad SMARTS) is 5. The Morgan fingerprint density at radius 3 is 0.950 bits per heavy atom. The summed E-state index contributed by atoms with van der Waals surface area (Å²) in [6.45, 7) is 9.36. The Bertz CT molecular complexity index is 4330. The number of aliphatic hydroxyl groups is 1. The van der Waals surface area contributed by atoms with Gasteiger partial charge in [-0.05, 0) is 121 Å². The van der Waals surface area contributed by atoms with Crippen LogP contribution in [0, 0.1) is 23.2 Å². The molecule has 0 radical (unpaired) electrons. The molecular weight excluding hydrogens is 1850 g/mol. The summed E-state index contributed by atoms with van der Waals surface area (Å²) in [5.41, 5.74) is 42.9. The van der Waals surface area contributed by atoms with Crippen LogP contribution < -0.4 is 136 Å². The smallest absolute Gasteiger partial charge is 0.326 e. The quantitative estimate of drug-likeness (QED) is 0.0153. The average Bonchev–Trinajstić information content (AvgIpc) is 0.772. The lowest BCUT2D eigenvalue weighted by Crippen LogP contribution is -2.60. The molecule has 0 spiro atoms. The third kappa shape index (κ3) is 52.3. The molecule has 782 valence electrons. The maximum absolute atomic E-state index is 14.5. The maximum Gasteiger partial charge on any atom is 0.326 e. The SMILES string of the molecule is CC[C@H](C)[C@H](NC(=O)[C@H](CC(C)C)NC(=O)CC[C@H](NC(=O)[C@H](CCC(N)=O)NC(=O)[C@H](CC(N)=O)NC(=O)CC[C@H](NC(=O)[C@H](CCC(N)=O)NC(=O)[C@H](CC(C)C)NC(=O)CC[C@H](NC(=O)CC[C@H](NC(=O)[C@H](CCC(=O)O)NC(=O)CN)C(=O)O)C(=O)O)C(=O)O)C(=O)O)C(=O)N[C@@H](CCCNC(=N)N)C(=O)N[C@@H](C)C(=O)N[C@@H](CCCCN)C(=O)N[C@@H](CO)C(=O)N[C@@H](CC(N)=O)C(N)=O. The van der Waals surface area contributed by atoms with E-state index in [1.165, 1.54) is 6.92 Å². The van der Waals surface area contributed by atoms with E-state index in [4.69, 9.17) is 56.4 Å². The van der Waals surface area contributed by atoms with Gasteiger partial charge in [0.1, 0.15) is 96.7 Å². The van der Waals surface area contributed by atoms with Gasteiger partial charge in [-0.3, -0.25) is 111 Å². The fourth-order valence-corrected chi connectivity index (χ4v) is 12.9. The highest BCUT2D eigenvalue weighted by Crippen LogP contribution is 2.17. The van der Waals surface area contributed by atoms with Crippen LogP contribution in [0.4, 0.5) is 0 Å². The lowest BCUT2D eigenvalue weighted by Gasteiger charge is -2.29. The molecule has 0 fully saturated rings. The van der Waals surface area contributed by atoms with Crippen LogP contribution in [0.15, 0.2) is 0 Å². The Kier molecular flexibility index (Phi) is 58.3. The van der Waals surface area contributed by atoms with Crippen molar-refractivity contribution in [3.63, 3.8) is 0 Å². The standard InChI is InChI=1S/C81H136N26O32/c1-8-38(6)64(76(131)101-41(13-11-29-91-81(89)90)67(122)92-39(7)66(121)98-40(12-9-10-28-82)68(123)106-53(35-108)75(130)105-49(65(88)120)32-56(86)111)107-74(129)51(31-37(4)5)96-60(115)25-18-47(79(136)137)104-71(126)44(15-22-55(85)110)100-73(128)52(33-57(87)112)97-61(116)26-19-48(80(138)139)103-70(125)43(14-21-54(84)109)99-72(127)50(30-36(2)3)95-59(114)23-16-45(77(132)133)94-58(113)24-17-46(78(134)135)102-69(124)42(20-27-63(118)119)93-62(117)34-83/h36-53,64,108H,8-35,82-83H2,1-7H3,(H2,84,109)(H2,85,110)(H2,86,111)(H2,87,112)(H2,88,120)(H,92,122)(H,93,117)(H,94,113)(H,95,114)(H,96,115)(H,97,116)(H,98,121)(H,99,127)(H,100,128)(H,101,131)(H,102,124)(H,103,125)(H,104,126)(H,105,130)(H,106,123)(H,107,129)(H,118,119)(H,132,133)(H,134,135)(H,136,137)(H,138,139)(H4,89,90,91)/t38-,39-,40-,41-,42-,43-,44-,45-,46-,47-,48-,49-,50-,51-,52-,53-,64-/m0/s1. The summed E-state index contributed by atoms with van der Waals surface area (Å²) >= 11 is 0.